The zero-order valence-electron chi connectivity index (χ0n) is 8.22. The van der Waals surface area contributed by atoms with Crippen molar-refractivity contribution in [2.45, 2.75) is 13.3 Å². The molecule has 2 aromatic rings. The van der Waals surface area contributed by atoms with E-state index in [4.69, 9.17) is 17.3 Å². The molecule has 0 atom stereocenters. The Morgan fingerprint density at radius 2 is 2.20 bits per heavy atom. The van der Waals surface area contributed by atoms with Crippen LogP contribution >= 0.6 is 11.6 Å². The zero-order valence-corrected chi connectivity index (χ0v) is 8.98. The van der Waals surface area contributed by atoms with Gasteiger partial charge in [0, 0.05) is 5.39 Å². The molecule has 0 aliphatic rings. The monoisotopic (exact) mass is 224 g/mol. The molecule has 4 heteroatoms. The van der Waals surface area contributed by atoms with Crippen molar-refractivity contribution in [3.05, 3.63) is 34.6 Å². The third kappa shape index (κ3) is 1.63. The van der Waals surface area contributed by atoms with Crippen LogP contribution in [0.1, 0.15) is 12.5 Å². The van der Waals surface area contributed by atoms with Gasteiger partial charge in [0.25, 0.3) is 0 Å². The molecule has 78 valence electrons. The van der Waals surface area contributed by atoms with E-state index in [1.807, 2.05) is 13.0 Å². The van der Waals surface area contributed by atoms with Crippen LogP contribution in [0.3, 0.4) is 0 Å². The predicted octanol–water partition coefficient (Wildman–Crippen LogP) is 3.17. The number of nitrogens with zero attached hydrogens (tertiary/aromatic N) is 1. The molecule has 1 aromatic carbocycles. The van der Waals surface area contributed by atoms with Gasteiger partial charge >= 0.3 is 0 Å². The first kappa shape index (κ1) is 10.2. The van der Waals surface area contributed by atoms with E-state index in [9.17, 15) is 4.39 Å². The molecule has 0 spiro atoms. The van der Waals surface area contributed by atoms with Crippen LogP contribution in [0.4, 0.5) is 10.2 Å². The summed E-state index contributed by atoms with van der Waals surface area (Å²) in [5.74, 6) is -0.144. The van der Waals surface area contributed by atoms with Gasteiger partial charge in [-0.05, 0) is 24.1 Å². The average Bonchev–Trinajstić information content (AvgIpc) is 2.24. The fourth-order valence-corrected chi connectivity index (χ4v) is 1.67. The second-order valence-corrected chi connectivity index (χ2v) is 3.73. The quantitative estimate of drug-likeness (QED) is 0.808. The van der Waals surface area contributed by atoms with Crippen LogP contribution in [-0.4, -0.2) is 4.98 Å². The number of hydrogen-bond donors (Lipinski definition) is 1. The third-order valence-corrected chi connectivity index (χ3v) is 2.66. The van der Waals surface area contributed by atoms with Gasteiger partial charge in [0.05, 0.1) is 5.02 Å². The van der Waals surface area contributed by atoms with Gasteiger partial charge < -0.3 is 5.73 Å². The SMILES string of the molecule is CCc1cc2ccc(Cl)c(F)c2nc1N. The maximum absolute atomic E-state index is 13.6. The average molecular weight is 225 g/mol. The number of hydrogen-bond acceptors (Lipinski definition) is 2. The molecule has 0 amide bonds. The Morgan fingerprint density at radius 1 is 1.47 bits per heavy atom. The topological polar surface area (TPSA) is 38.9 Å². The lowest BCUT2D eigenvalue weighted by Gasteiger charge is -2.06. The van der Waals surface area contributed by atoms with E-state index in [-0.39, 0.29) is 10.5 Å². The molecule has 0 aliphatic carbocycles. The normalized spacial score (nSPS) is 10.9. The number of nitrogen functional groups attached to an aromatic ring is 1. The molecule has 1 heterocycles. The number of rotatable bonds is 1. The summed E-state index contributed by atoms with van der Waals surface area (Å²) >= 11 is 5.66. The molecule has 0 saturated carbocycles. The fraction of sp³-hybridized carbons (Fsp3) is 0.182. The summed E-state index contributed by atoms with van der Waals surface area (Å²) in [5.41, 5.74) is 6.85. The van der Waals surface area contributed by atoms with Crippen molar-refractivity contribution in [2.75, 3.05) is 5.73 Å². The fourth-order valence-electron chi connectivity index (χ4n) is 1.52. The number of nitrogens with two attached hydrogens (primary N) is 1. The lowest BCUT2D eigenvalue weighted by Crippen LogP contribution is -1.98. The maximum atomic E-state index is 13.6. The van der Waals surface area contributed by atoms with Crippen molar-refractivity contribution < 1.29 is 4.39 Å². The number of anilines is 1. The van der Waals surface area contributed by atoms with Crippen molar-refractivity contribution in [1.82, 2.24) is 4.98 Å². The van der Waals surface area contributed by atoms with Gasteiger partial charge in [-0.25, -0.2) is 9.37 Å². The van der Waals surface area contributed by atoms with E-state index < -0.39 is 5.82 Å². The first-order valence-corrected chi connectivity index (χ1v) is 5.04. The molecule has 0 saturated heterocycles. The highest BCUT2D eigenvalue weighted by Crippen LogP contribution is 2.25. The first-order valence-electron chi connectivity index (χ1n) is 4.66. The highest BCUT2D eigenvalue weighted by molar-refractivity contribution is 6.31. The van der Waals surface area contributed by atoms with E-state index in [2.05, 4.69) is 4.98 Å². The van der Waals surface area contributed by atoms with Crippen molar-refractivity contribution in [1.29, 1.82) is 0 Å². The van der Waals surface area contributed by atoms with Gasteiger partial charge in [-0.1, -0.05) is 24.6 Å². The van der Waals surface area contributed by atoms with E-state index in [1.54, 1.807) is 6.07 Å². The van der Waals surface area contributed by atoms with Crippen molar-refractivity contribution in [3.63, 3.8) is 0 Å². The molecule has 1 aromatic heterocycles. The Kier molecular flexibility index (Phi) is 2.49. The number of benzene rings is 1. The van der Waals surface area contributed by atoms with Gasteiger partial charge in [-0.15, -0.1) is 0 Å². The van der Waals surface area contributed by atoms with E-state index in [1.165, 1.54) is 6.07 Å². The van der Waals surface area contributed by atoms with E-state index in [0.29, 0.717) is 5.82 Å². The number of pyridine rings is 1. The summed E-state index contributed by atoms with van der Waals surface area (Å²) in [6.07, 6.45) is 0.777. The smallest absolute Gasteiger partial charge is 0.168 e. The number of aryl methyl sites for hydroxylation is 1. The van der Waals surface area contributed by atoms with Crippen LogP contribution in [-0.2, 0) is 6.42 Å². The Balaban J connectivity index is 2.81. The molecular weight excluding hydrogens is 215 g/mol. The van der Waals surface area contributed by atoms with Gasteiger partial charge in [0.15, 0.2) is 5.82 Å². The van der Waals surface area contributed by atoms with Gasteiger partial charge in [-0.2, -0.15) is 0 Å². The van der Waals surface area contributed by atoms with Crippen LogP contribution in [0.25, 0.3) is 10.9 Å². The molecule has 15 heavy (non-hydrogen) atoms. The minimum absolute atomic E-state index is 0.0682. The lowest BCUT2D eigenvalue weighted by atomic mass is 10.1. The van der Waals surface area contributed by atoms with E-state index in [0.717, 1.165) is 17.4 Å². The minimum atomic E-state index is -0.511. The Bertz CT molecular complexity index is 525. The van der Waals surface area contributed by atoms with Crippen molar-refractivity contribution >= 4 is 28.3 Å². The van der Waals surface area contributed by atoms with Crippen LogP contribution < -0.4 is 5.73 Å². The van der Waals surface area contributed by atoms with Crippen LogP contribution in [0.15, 0.2) is 18.2 Å². The summed E-state index contributed by atoms with van der Waals surface area (Å²) in [6, 6.07) is 5.11. The number of halogens is 2. The maximum Gasteiger partial charge on any atom is 0.168 e. The molecule has 0 unspecified atom stereocenters. The summed E-state index contributed by atoms with van der Waals surface area (Å²) in [7, 11) is 0. The van der Waals surface area contributed by atoms with Crippen molar-refractivity contribution in [3.8, 4) is 0 Å². The zero-order chi connectivity index (χ0) is 11.0. The summed E-state index contributed by atoms with van der Waals surface area (Å²) in [6.45, 7) is 1.98. The standard InChI is InChI=1S/C11H10ClFN2/c1-2-6-5-7-3-4-8(12)9(13)10(7)15-11(6)14/h3-5H,2H2,1H3,(H2,14,15). The minimum Gasteiger partial charge on any atom is -0.383 e. The third-order valence-electron chi connectivity index (χ3n) is 2.37. The van der Waals surface area contributed by atoms with E-state index >= 15 is 0 Å². The molecule has 2 rings (SSSR count). The summed E-state index contributed by atoms with van der Waals surface area (Å²) in [4.78, 5) is 4.03. The van der Waals surface area contributed by atoms with Gasteiger partial charge in [0.1, 0.15) is 11.3 Å². The van der Waals surface area contributed by atoms with Crippen molar-refractivity contribution in [2.24, 2.45) is 0 Å². The van der Waals surface area contributed by atoms with Gasteiger partial charge in [0.2, 0.25) is 0 Å². The Labute approximate surface area is 91.9 Å². The summed E-state index contributed by atoms with van der Waals surface area (Å²) < 4.78 is 13.6. The summed E-state index contributed by atoms with van der Waals surface area (Å²) in [5, 5.41) is 0.793. The van der Waals surface area contributed by atoms with Gasteiger partial charge in [-0.3, -0.25) is 0 Å². The number of aromatic nitrogens is 1. The van der Waals surface area contributed by atoms with Crippen LogP contribution in [0.2, 0.25) is 5.02 Å². The molecular formula is C11H10ClFN2. The first-order chi connectivity index (χ1) is 7.13. The Morgan fingerprint density at radius 3 is 2.87 bits per heavy atom. The molecule has 0 radical (unpaired) electrons. The molecule has 2 nitrogen and oxygen atoms in total. The molecule has 0 fully saturated rings. The lowest BCUT2D eigenvalue weighted by molar-refractivity contribution is 0.637. The number of fused-ring (bicyclic) bond motifs is 1. The highest BCUT2D eigenvalue weighted by Gasteiger charge is 2.09. The highest BCUT2D eigenvalue weighted by atomic mass is 35.5. The largest absolute Gasteiger partial charge is 0.383 e. The molecule has 0 aliphatic heterocycles. The molecule has 2 N–H and O–H groups in total. The second-order valence-electron chi connectivity index (χ2n) is 3.32. The van der Waals surface area contributed by atoms with Crippen LogP contribution in [0, 0.1) is 5.82 Å². The Hall–Kier alpha value is -1.35. The molecule has 0 bridgehead atoms. The predicted molar refractivity (Wildman–Crippen MR) is 60.5 cm³/mol. The van der Waals surface area contributed by atoms with Crippen LogP contribution in [0.5, 0.6) is 0 Å². The second kappa shape index (κ2) is 3.66.